The number of anilines is 1. The summed E-state index contributed by atoms with van der Waals surface area (Å²) in [6.07, 6.45) is 2.71. The van der Waals surface area contributed by atoms with Crippen molar-refractivity contribution in [2.75, 3.05) is 18.4 Å². The number of thiophene rings is 1. The zero-order valence-corrected chi connectivity index (χ0v) is 16.7. The molecule has 4 rings (SSSR count). The van der Waals surface area contributed by atoms with Crippen LogP contribution in [0.25, 0.3) is 10.2 Å². The van der Waals surface area contributed by atoms with E-state index in [1.165, 1.54) is 24.3 Å². The molecule has 0 bridgehead atoms. The third kappa shape index (κ3) is 4.02. The van der Waals surface area contributed by atoms with Crippen LogP contribution in [0.15, 0.2) is 29.9 Å². The van der Waals surface area contributed by atoms with Crippen molar-refractivity contribution >= 4 is 39.3 Å². The van der Waals surface area contributed by atoms with Crippen LogP contribution < -0.4 is 10.6 Å². The molecule has 2 N–H and O–H groups in total. The Morgan fingerprint density at radius 2 is 2.10 bits per heavy atom. The molecule has 0 spiro atoms. The molecule has 0 radical (unpaired) electrons. The lowest BCUT2D eigenvalue weighted by Crippen LogP contribution is -2.60. The fourth-order valence-electron chi connectivity index (χ4n) is 3.19. The number of hydrogen-bond donors (Lipinski definition) is 2. The van der Waals surface area contributed by atoms with Gasteiger partial charge in [0.2, 0.25) is 11.9 Å². The summed E-state index contributed by atoms with van der Waals surface area (Å²) in [7, 11) is 0. The smallest absolute Gasteiger partial charge is 0.274 e. The number of carbonyl (C=O) groups is 2. The first-order valence-electron chi connectivity index (χ1n) is 9.09. The maximum atomic E-state index is 13.5. The number of pyridine rings is 1. The molecule has 0 aromatic carbocycles. The van der Waals surface area contributed by atoms with Gasteiger partial charge in [0, 0.05) is 26.2 Å². The van der Waals surface area contributed by atoms with E-state index in [2.05, 4.69) is 25.6 Å². The lowest BCUT2D eigenvalue weighted by molar-refractivity contribution is -0.120. The number of nitrogens with zero attached hydrogens (tertiary/aromatic N) is 4. The Morgan fingerprint density at radius 3 is 2.83 bits per heavy atom. The van der Waals surface area contributed by atoms with Crippen LogP contribution in [0.1, 0.15) is 35.9 Å². The summed E-state index contributed by atoms with van der Waals surface area (Å²) in [4.78, 5) is 38.5. The van der Waals surface area contributed by atoms with Crippen LogP contribution in [-0.2, 0) is 4.79 Å². The van der Waals surface area contributed by atoms with Crippen molar-refractivity contribution in [1.82, 2.24) is 25.2 Å². The van der Waals surface area contributed by atoms with E-state index in [9.17, 15) is 14.0 Å². The molecule has 29 heavy (non-hydrogen) atoms. The summed E-state index contributed by atoms with van der Waals surface area (Å²) in [6.45, 7) is 4.19. The number of rotatable bonds is 5. The summed E-state index contributed by atoms with van der Waals surface area (Å²) in [6, 6.07) is 2.89. The Morgan fingerprint density at radius 1 is 1.31 bits per heavy atom. The van der Waals surface area contributed by atoms with Crippen LogP contribution >= 0.6 is 11.3 Å². The standard InChI is InChI=1S/C19H19FN6O2S/c1-10(12-5-13(20)7-21-6-12)22-19-24-15-3-4-29-17(15)16(25-19)18(28)26-8-14(9-26)23-11(2)27/h3-7,10,14H,8-9H2,1-2H3,(H,23,27)(H,22,24,25). The fraction of sp³-hybridized carbons (Fsp3) is 0.316. The highest BCUT2D eigenvalue weighted by atomic mass is 32.1. The maximum absolute atomic E-state index is 13.5. The van der Waals surface area contributed by atoms with Gasteiger partial charge >= 0.3 is 0 Å². The van der Waals surface area contributed by atoms with Gasteiger partial charge in [-0.05, 0) is 30.0 Å². The number of carbonyl (C=O) groups excluding carboxylic acids is 2. The molecular formula is C19H19FN6O2S. The van der Waals surface area contributed by atoms with Crippen LogP contribution in [0.2, 0.25) is 0 Å². The third-order valence-corrected chi connectivity index (χ3v) is 5.56. The SMILES string of the molecule is CC(=O)NC1CN(C(=O)c2nc(NC(C)c3cncc(F)c3)nc3ccsc23)C1. The van der Waals surface area contributed by atoms with E-state index in [4.69, 9.17) is 0 Å². The summed E-state index contributed by atoms with van der Waals surface area (Å²) >= 11 is 1.40. The Labute approximate surface area is 170 Å². The predicted molar refractivity (Wildman–Crippen MR) is 107 cm³/mol. The van der Waals surface area contributed by atoms with E-state index in [1.54, 1.807) is 11.1 Å². The molecule has 2 amide bonds. The monoisotopic (exact) mass is 414 g/mol. The van der Waals surface area contributed by atoms with Gasteiger partial charge in [-0.25, -0.2) is 14.4 Å². The van der Waals surface area contributed by atoms with E-state index < -0.39 is 5.82 Å². The van der Waals surface area contributed by atoms with Crippen LogP contribution in [0, 0.1) is 5.82 Å². The molecule has 3 aromatic heterocycles. The number of fused-ring (bicyclic) bond motifs is 1. The number of amides is 2. The number of halogens is 1. The molecule has 1 aliphatic rings. The lowest BCUT2D eigenvalue weighted by Gasteiger charge is -2.39. The predicted octanol–water partition coefficient (Wildman–Crippen LogP) is 2.36. The first-order chi connectivity index (χ1) is 13.9. The van der Waals surface area contributed by atoms with Crippen molar-refractivity contribution in [1.29, 1.82) is 0 Å². The number of likely N-dealkylation sites (tertiary alicyclic amines) is 1. The zero-order chi connectivity index (χ0) is 20.5. The molecule has 150 valence electrons. The third-order valence-electron chi connectivity index (χ3n) is 4.65. The van der Waals surface area contributed by atoms with Crippen molar-refractivity contribution in [3.05, 3.63) is 47.0 Å². The fourth-order valence-corrected chi connectivity index (χ4v) is 4.00. The van der Waals surface area contributed by atoms with Crippen molar-refractivity contribution < 1.29 is 14.0 Å². The second kappa shape index (κ2) is 7.70. The minimum Gasteiger partial charge on any atom is -0.350 e. The first-order valence-corrected chi connectivity index (χ1v) is 9.97. The highest BCUT2D eigenvalue weighted by Gasteiger charge is 2.33. The molecule has 0 saturated carbocycles. The average molecular weight is 414 g/mol. The molecular weight excluding hydrogens is 395 g/mol. The Balaban J connectivity index is 1.56. The van der Waals surface area contributed by atoms with Gasteiger partial charge in [-0.1, -0.05) is 0 Å². The molecule has 10 heteroatoms. The Hall–Kier alpha value is -3.14. The molecule has 1 fully saturated rings. The molecule has 1 aliphatic heterocycles. The van der Waals surface area contributed by atoms with Crippen LogP contribution in [0.3, 0.4) is 0 Å². The summed E-state index contributed by atoms with van der Waals surface area (Å²) in [5.41, 5.74) is 1.63. The highest BCUT2D eigenvalue weighted by molar-refractivity contribution is 7.17. The zero-order valence-electron chi connectivity index (χ0n) is 15.8. The van der Waals surface area contributed by atoms with Crippen LogP contribution in [0.5, 0.6) is 0 Å². The van der Waals surface area contributed by atoms with Crippen molar-refractivity contribution in [3.63, 3.8) is 0 Å². The molecule has 4 heterocycles. The van der Waals surface area contributed by atoms with Crippen molar-refractivity contribution in [2.24, 2.45) is 0 Å². The van der Waals surface area contributed by atoms with Crippen LogP contribution in [0.4, 0.5) is 10.3 Å². The second-order valence-corrected chi connectivity index (χ2v) is 7.86. The Bertz CT molecular complexity index is 1080. The summed E-state index contributed by atoms with van der Waals surface area (Å²) in [5, 5.41) is 7.77. The van der Waals surface area contributed by atoms with E-state index in [0.717, 1.165) is 6.20 Å². The highest BCUT2D eigenvalue weighted by Crippen LogP contribution is 2.27. The quantitative estimate of drug-likeness (QED) is 0.665. The van der Waals surface area contributed by atoms with Gasteiger partial charge < -0.3 is 15.5 Å². The van der Waals surface area contributed by atoms with Gasteiger partial charge in [0.05, 0.1) is 28.5 Å². The van der Waals surface area contributed by atoms with Crippen molar-refractivity contribution in [2.45, 2.75) is 25.9 Å². The van der Waals surface area contributed by atoms with Gasteiger partial charge in [-0.2, -0.15) is 0 Å². The lowest BCUT2D eigenvalue weighted by atomic mass is 10.1. The van der Waals surface area contributed by atoms with E-state index in [0.29, 0.717) is 34.6 Å². The van der Waals surface area contributed by atoms with Gasteiger partial charge in [-0.15, -0.1) is 11.3 Å². The second-order valence-electron chi connectivity index (χ2n) is 6.94. The molecule has 0 aliphatic carbocycles. The van der Waals surface area contributed by atoms with Gasteiger partial charge in [0.1, 0.15) is 5.82 Å². The summed E-state index contributed by atoms with van der Waals surface area (Å²) < 4.78 is 14.2. The Kier molecular flexibility index (Phi) is 5.10. The van der Waals surface area contributed by atoms with Gasteiger partial charge in [0.25, 0.3) is 5.91 Å². The van der Waals surface area contributed by atoms with Crippen molar-refractivity contribution in [3.8, 4) is 0 Å². The largest absolute Gasteiger partial charge is 0.350 e. The molecule has 1 atom stereocenters. The minimum absolute atomic E-state index is 0.0322. The molecule has 3 aromatic rings. The van der Waals surface area contributed by atoms with Crippen LogP contribution in [-0.4, -0.2) is 50.8 Å². The number of aromatic nitrogens is 3. The number of nitrogens with one attached hydrogen (secondary N) is 2. The molecule has 1 saturated heterocycles. The summed E-state index contributed by atoms with van der Waals surface area (Å²) in [5.74, 6) is -0.454. The normalized spacial score (nSPS) is 15.1. The van der Waals surface area contributed by atoms with E-state index >= 15 is 0 Å². The number of hydrogen-bond acceptors (Lipinski definition) is 7. The van der Waals surface area contributed by atoms with E-state index in [-0.39, 0.29) is 29.8 Å². The first kappa shape index (κ1) is 19.2. The molecule has 1 unspecified atom stereocenters. The maximum Gasteiger partial charge on any atom is 0.274 e. The van der Waals surface area contributed by atoms with Gasteiger partial charge in [0.15, 0.2) is 5.69 Å². The minimum atomic E-state index is -0.423. The average Bonchev–Trinajstić information content (AvgIpc) is 3.11. The van der Waals surface area contributed by atoms with Gasteiger partial charge in [-0.3, -0.25) is 14.6 Å². The van der Waals surface area contributed by atoms with E-state index in [1.807, 2.05) is 18.4 Å². The molecule has 8 nitrogen and oxygen atoms in total. The topological polar surface area (TPSA) is 100 Å².